The zero-order valence-corrected chi connectivity index (χ0v) is 19.0. The van der Waals surface area contributed by atoms with Crippen molar-refractivity contribution in [1.82, 2.24) is 19.7 Å². The highest BCUT2D eigenvalue weighted by Crippen LogP contribution is 2.37. The molecule has 31 heavy (non-hydrogen) atoms. The first-order valence-corrected chi connectivity index (χ1v) is 10.8. The first-order chi connectivity index (χ1) is 14.7. The summed E-state index contributed by atoms with van der Waals surface area (Å²) in [5, 5.41) is 15.8. The van der Waals surface area contributed by atoms with Crippen LogP contribution in [-0.4, -0.2) is 43.9 Å². The van der Waals surface area contributed by atoms with Crippen LogP contribution in [0.1, 0.15) is 42.1 Å². The summed E-state index contributed by atoms with van der Waals surface area (Å²) < 4.78 is 15.0. The standard InChI is InChI=1S/C22H23Cl2FN4O2/c1-12-13-5-4-6-16(22(2,31)11-25)14(13)7-8-29(12)18(30)9-15-17(23)10-26-21-19(15)20(24)27-28(21)3/h4-6,10,12,31H,7-9,11H2,1-3H3/t12-,22?/m0/s1. The molecule has 0 aliphatic carbocycles. The molecule has 3 aromatic rings. The number of pyridine rings is 1. The van der Waals surface area contributed by atoms with Crippen LogP contribution in [0.3, 0.4) is 0 Å². The molecule has 1 aliphatic heterocycles. The Balaban J connectivity index is 1.66. The summed E-state index contributed by atoms with van der Waals surface area (Å²) in [6, 6.07) is 5.24. The number of hydrogen-bond donors (Lipinski definition) is 1. The van der Waals surface area contributed by atoms with Gasteiger partial charge >= 0.3 is 0 Å². The Morgan fingerprint density at radius 3 is 2.84 bits per heavy atom. The number of aromatic nitrogens is 3. The first kappa shape index (κ1) is 22.0. The topological polar surface area (TPSA) is 71.2 Å². The maximum absolute atomic E-state index is 13.4. The van der Waals surface area contributed by atoms with E-state index in [1.54, 1.807) is 28.8 Å². The number of carbonyl (C=O) groups is 1. The van der Waals surface area contributed by atoms with Crippen LogP contribution in [0.5, 0.6) is 0 Å². The Morgan fingerprint density at radius 2 is 2.13 bits per heavy atom. The Kier molecular flexibility index (Phi) is 5.70. The zero-order chi connectivity index (χ0) is 22.5. The molecule has 0 bridgehead atoms. The van der Waals surface area contributed by atoms with Crippen molar-refractivity contribution in [2.75, 3.05) is 13.2 Å². The van der Waals surface area contributed by atoms with Crippen LogP contribution in [0, 0.1) is 0 Å². The van der Waals surface area contributed by atoms with Crippen molar-refractivity contribution in [3.63, 3.8) is 0 Å². The van der Waals surface area contributed by atoms with Crippen LogP contribution < -0.4 is 0 Å². The van der Waals surface area contributed by atoms with Crippen molar-refractivity contribution in [3.8, 4) is 0 Å². The molecule has 1 unspecified atom stereocenters. The molecule has 4 rings (SSSR count). The summed E-state index contributed by atoms with van der Waals surface area (Å²) in [4.78, 5) is 19.4. The fourth-order valence-electron chi connectivity index (χ4n) is 4.42. The van der Waals surface area contributed by atoms with Gasteiger partial charge in [-0.25, -0.2) is 14.1 Å². The van der Waals surface area contributed by atoms with Gasteiger partial charge in [0.1, 0.15) is 12.3 Å². The van der Waals surface area contributed by atoms with E-state index < -0.39 is 12.3 Å². The summed E-state index contributed by atoms with van der Waals surface area (Å²) in [5.41, 5.74) is 2.00. The van der Waals surface area contributed by atoms with E-state index in [1.807, 2.05) is 13.0 Å². The number of hydrogen-bond acceptors (Lipinski definition) is 4. The Hall–Kier alpha value is -2.22. The third-order valence-corrected chi connectivity index (χ3v) is 6.68. The molecule has 0 saturated carbocycles. The molecule has 164 valence electrons. The van der Waals surface area contributed by atoms with Gasteiger partial charge in [-0.1, -0.05) is 41.4 Å². The molecule has 0 radical (unpaired) electrons. The summed E-state index contributed by atoms with van der Waals surface area (Å²) in [6.07, 6.45) is 2.10. The quantitative estimate of drug-likeness (QED) is 0.629. The van der Waals surface area contributed by atoms with Crippen molar-refractivity contribution in [1.29, 1.82) is 0 Å². The number of fused-ring (bicyclic) bond motifs is 2. The molecular formula is C22H23Cl2FN4O2. The lowest BCUT2D eigenvalue weighted by Crippen LogP contribution is -2.41. The van der Waals surface area contributed by atoms with E-state index >= 15 is 0 Å². The second kappa shape index (κ2) is 8.04. The third-order valence-electron chi connectivity index (χ3n) is 6.09. The number of benzene rings is 1. The SMILES string of the molecule is C[C@H]1c2cccc(C(C)(O)CF)c2CCN1C(=O)Cc1c(Cl)cnc2c1c(Cl)nn2C. The summed E-state index contributed by atoms with van der Waals surface area (Å²) in [5.74, 6) is -0.102. The molecule has 9 heteroatoms. The van der Waals surface area contributed by atoms with Crippen molar-refractivity contribution in [3.05, 3.63) is 56.8 Å². The summed E-state index contributed by atoms with van der Waals surface area (Å²) in [7, 11) is 1.73. The fraction of sp³-hybridized carbons (Fsp3) is 0.409. The van der Waals surface area contributed by atoms with Crippen LogP contribution in [0.25, 0.3) is 11.0 Å². The Bertz CT molecular complexity index is 1180. The smallest absolute Gasteiger partial charge is 0.227 e. The molecule has 2 aromatic heterocycles. The molecule has 0 saturated heterocycles. The molecule has 0 fully saturated rings. The third kappa shape index (κ3) is 3.69. The molecule has 6 nitrogen and oxygen atoms in total. The lowest BCUT2D eigenvalue weighted by molar-refractivity contribution is -0.133. The van der Waals surface area contributed by atoms with E-state index in [1.165, 1.54) is 13.1 Å². The average Bonchev–Trinajstić information content (AvgIpc) is 3.03. The lowest BCUT2D eigenvalue weighted by atomic mass is 9.83. The molecule has 1 aromatic carbocycles. The maximum Gasteiger partial charge on any atom is 0.227 e. The number of carbonyl (C=O) groups excluding carboxylic acids is 1. The minimum absolute atomic E-state index is 0.0603. The van der Waals surface area contributed by atoms with Gasteiger partial charge in [0.25, 0.3) is 0 Å². The van der Waals surface area contributed by atoms with Crippen LogP contribution in [0.2, 0.25) is 10.2 Å². The molecule has 3 heterocycles. The van der Waals surface area contributed by atoms with Gasteiger partial charge in [0.15, 0.2) is 10.8 Å². The number of aryl methyl sites for hydroxylation is 1. The van der Waals surface area contributed by atoms with Crippen molar-refractivity contribution >= 4 is 40.1 Å². The monoisotopic (exact) mass is 464 g/mol. The highest BCUT2D eigenvalue weighted by molar-refractivity contribution is 6.36. The largest absolute Gasteiger partial charge is 0.383 e. The summed E-state index contributed by atoms with van der Waals surface area (Å²) >= 11 is 12.7. The molecular weight excluding hydrogens is 442 g/mol. The molecule has 1 N–H and O–H groups in total. The average molecular weight is 465 g/mol. The minimum Gasteiger partial charge on any atom is -0.383 e. The second-order valence-corrected chi connectivity index (χ2v) is 8.93. The predicted octanol–water partition coefficient (Wildman–Crippen LogP) is 4.14. The van der Waals surface area contributed by atoms with Gasteiger partial charge < -0.3 is 10.0 Å². The Morgan fingerprint density at radius 1 is 1.39 bits per heavy atom. The van der Waals surface area contributed by atoms with Gasteiger partial charge in [0, 0.05) is 19.8 Å². The number of alkyl halides is 1. The normalized spacial score (nSPS) is 18.2. The highest BCUT2D eigenvalue weighted by atomic mass is 35.5. The van der Waals surface area contributed by atoms with Gasteiger partial charge in [-0.3, -0.25) is 4.79 Å². The zero-order valence-electron chi connectivity index (χ0n) is 17.5. The fourth-order valence-corrected chi connectivity index (χ4v) is 4.94. The molecule has 0 spiro atoms. The van der Waals surface area contributed by atoms with Gasteiger partial charge in [-0.2, -0.15) is 5.10 Å². The van der Waals surface area contributed by atoms with Crippen LogP contribution in [0.4, 0.5) is 4.39 Å². The van der Waals surface area contributed by atoms with Gasteiger partial charge in [-0.15, -0.1) is 0 Å². The molecule has 1 amide bonds. The summed E-state index contributed by atoms with van der Waals surface area (Å²) in [6.45, 7) is 2.99. The predicted molar refractivity (Wildman–Crippen MR) is 118 cm³/mol. The van der Waals surface area contributed by atoms with Crippen LogP contribution in [0.15, 0.2) is 24.4 Å². The van der Waals surface area contributed by atoms with Crippen molar-refractivity contribution in [2.24, 2.45) is 7.05 Å². The van der Waals surface area contributed by atoms with Crippen LogP contribution >= 0.6 is 23.2 Å². The Labute approximate surface area is 189 Å². The van der Waals surface area contributed by atoms with E-state index in [9.17, 15) is 14.3 Å². The van der Waals surface area contributed by atoms with Gasteiger partial charge in [0.05, 0.1) is 22.9 Å². The molecule has 1 aliphatic rings. The highest BCUT2D eigenvalue weighted by Gasteiger charge is 2.34. The van der Waals surface area contributed by atoms with E-state index in [0.29, 0.717) is 40.1 Å². The van der Waals surface area contributed by atoms with Crippen molar-refractivity contribution < 1.29 is 14.3 Å². The van der Waals surface area contributed by atoms with Crippen LogP contribution in [-0.2, 0) is 30.3 Å². The second-order valence-electron chi connectivity index (χ2n) is 8.17. The maximum atomic E-state index is 13.4. The van der Waals surface area contributed by atoms with E-state index in [-0.39, 0.29) is 23.5 Å². The van der Waals surface area contributed by atoms with Crippen molar-refractivity contribution in [2.45, 2.75) is 38.3 Å². The number of halogens is 3. The molecule has 2 atom stereocenters. The number of nitrogens with zero attached hydrogens (tertiary/aromatic N) is 4. The van der Waals surface area contributed by atoms with Gasteiger partial charge in [0.2, 0.25) is 5.91 Å². The number of rotatable bonds is 4. The first-order valence-electron chi connectivity index (χ1n) is 10.0. The van der Waals surface area contributed by atoms with E-state index in [2.05, 4.69) is 10.1 Å². The number of amides is 1. The van der Waals surface area contributed by atoms with E-state index in [0.717, 1.165) is 11.1 Å². The number of aliphatic hydroxyl groups is 1. The van der Waals surface area contributed by atoms with Gasteiger partial charge in [-0.05, 0) is 42.5 Å². The lowest BCUT2D eigenvalue weighted by Gasteiger charge is -2.38. The van der Waals surface area contributed by atoms with E-state index in [4.69, 9.17) is 23.2 Å². The minimum atomic E-state index is -1.55.